The summed E-state index contributed by atoms with van der Waals surface area (Å²) in [5.74, 6) is -0.456. The fourth-order valence-corrected chi connectivity index (χ4v) is 2.76. The molecule has 0 aliphatic heterocycles. The van der Waals surface area contributed by atoms with Crippen molar-refractivity contribution >= 4 is 5.91 Å². The van der Waals surface area contributed by atoms with Crippen LogP contribution in [0.3, 0.4) is 0 Å². The maximum Gasteiger partial charge on any atom is 0.416 e. The van der Waals surface area contributed by atoms with Crippen LogP contribution in [0.15, 0.2) is 24.3 Å². The number of amides is 1. The summed E-state index contributed by atoms with van der Waals surface area (Å²) in [7, 11) is 0. The van der Waals surface area contributed by atoms with Crippen molar-refractivity contribution in [1.29, 1.82) is 0 Å². The lowest BCUT2D eigenvalue weighted by Gasteiger charge is -2.17. The molecular formula is C18H23F3N4O. The predicted molar refractivity (Wildman–Crippen MR) is 92.8 cm³/mol. The minimum absolute atomic E-state index is 0.0140. The highest BCUT2D eigenvalue weighted by molar-refractivity contribution is 5.81. The lowest BCUT2D eigenvalue weighted by atomic mass is 10.1. The van der Waals surface area contributed by atoms with E-state index >= 15 is 0 Å². The Labute approximate surface area is 150 Å². The predicted octanol–water partition coefficient (Wildman–Crippen LogP) is 3.25. The van der Waals surface area contributed by atoms with Crippen molar-refractivity contribution in [2.45, 2.75) is 52.4 Å². The van der Waals surface area contributed by atoms with Crippen LogP contribution in [0.5, 0.6) is 0 Å². The number of aromatic nitrogens is 2. The SMILES string of the molecule is CCCC(N)C(=O)NCc1ccc(-n2nc(C)cc2C)cc1C(F)(F)F. The summed E-state index contributed by atoms with van der Waals surface area (Å²) in [4.78, 5) is 11.9. The van der Waals surface area contributed by atoms with Crippen molar-refractivity contribution < 1.29 is 18.0 Å². The van der Waals surface area contributed by atoms with Gasteiger partial charge in [0.1, 0.15) is 0 Å². The summed E-state index contributed by atoms with van der Waals surface area (Å²) in [5, 5.41) is 6.70. The van der Waals surface area contributed by atoms with Gasteiger partial charge in [0.15, 0.2) is 0 Å². The van der Waals surface area contributed by atoms with E-state index in [0.717, 1.165) is 23.9 Å². The minimum Gasteiger partial charge on any atom is -0.351 e. The number of aryl methyl sites for hydroxylation is 2. The third kappa shape index (κ3) is 4.63. The van der Waals surface area contributed by atoms with E-state index in [-0.39, 0.29) is 12.1 Å². The average Bonchev–Trinajstić information content (AvgIpc) is 2.90. The number of nitrogens with one attached hydrogen (secondary N) is 1. The molecule has 0 saturated heterocycles. The van der Waals surface area contributed by atoms with Crippen molar-refractivity contribution in [2.75, 3.05) is 0 Å². The number of benzene rings is 1. The van der Waals surface area contributed by atoms with Gasteiger partial charge in [-0.05, 0) is 44.0 Å². The van der Waals surface area contributed by atoms with Gasteiger partial charge in [0.25, 0.3) is 0 Å². The van der Waals surface area contributed by atoms with Crippen LogP contribution in [-0.4, -0.2) is 21.7 Å². The fourth-order valence-electron chi connectivity index (χ4n) is 2.76. The lowest BCUT2D eigenvalue weighted by molar-refractivity contribution is -0.138. The molecule has 2 aromatic rings. The second-order valence-corrected chi connectivity index (χ2v) is 6.29. The number of nitrogens with two attached hydrogens (primary N) is 1. The zero-order chi connectivity index (χ0) is 19.5. The molecule has 2 rings (SSSR count). The van der Waals surface area contributed by atoms with E-state index < -0.39 is 23.7 Å². The number of nitrogens with zero attached hydrogens (tertiary/aromatic N) is 2. The Morgan fingerprint density at radius 1 is 1.31 bits per heavy atom. The second kappa shape index (κ2) is 7.90. The number of rotatable bonds is 6. The molecule has 3 N–H and O–H groups in total. The topological polar surface area (TPSA) is 72.9 Å². The molecule has 0 bridgehead atoms. The third-order valence-electron chi connectivity index (χ3n) is 4.04. The number of halogens is 3. The monoisotopic (exact) mass is 368 g/mol. The average molecular weight is 368 g/mol. The number of carbonyl (C=O) groups excluding carboxylic acids is 1. The lowest BCUT2D eigenvalue weighted by Crippen LogP contribution is -2.40. The summed E-state index contributed by atoms with van der Waals surface area (Å²) >= 11 is 0. The summed E-state index contributed by atoms with van der Waals surface area (Å²) in [6.07, 6.45) is -3.34. The summed E-state index contributed by atoms with van der Waals surface area (Å²) in [6.45, 7) is 5.20. The van der Waals surface area contributed by atoms with Crippen LogP contribution in [0.1, 0.15) is 42.3 Å². The number of hydrogen-bond acceptors (Lipinski definition) is 3. The second-order valence-electron chi connectivity index (χ2n) is 6.29. The van der Waals surface area contributed by atoms with E-state index in [1.54, 1.807) is 26.0 Å². The molecule has 1 heterocycles. The van der Waals surface area contributed by atoms with Gasteiger partial charge in [-0.3, -0.25) is 4.79 Å². The van der Waals surface area contributed by atoms with Gasteiger partial charge in [-0.15, -0.1) is 0 Å². The first-order valence-electron chi connectivity index (χ1n) is 8.40. The van der Waals surface area contributed by atoms with Crippen LogP contribution < -0.4 is 11.1 Å². The van der Waals surface area contributed by atoms with Gasteiger partial charge in [0.2, 0.25) is 5.91 Å². The van der Waals surface area contributed by atoms with E-state index in [1.807, 2.05) is 6.92 Å². The number of alkyl halides is 3. The molecule has 1 unspecified atom stereocenters. The minimum atomic E-state index is -4.54. The van der Waals surface area contributed by atoms with Gasteiger partial charge in [0.05, 0.1) is 23.0 Å². The van der Waals surface area contributed by atoms with E-state index in [1.165, 1.54) is 10.7 Å². The highest BCUT2D eigenvalue weighted by Gasteiger charge is 2.34. The smallest absolute Gasteiger partial charge is 0.351 e. The van der Waals surface area contributed by atoms with Crippen molar-refractivity contribution in [3.8, 4) is 5.69 Å². The first-order valence-corrected chi connectivity index (χ1v) is 8.40. The molecule has 1 amide bonds. The Hall–Kier alpha value is -2.35. The Kier molecular flexibility index (Phi) is 6.07. The van der Waals surface area contributed by atoms with Crippen molar-refractivity contribution in [2.24, 2.45) is 5.73 Å². The summed E-state index contributed by atoms with van der Waals surface area (Å²) in [5.41, 5.74) is 6.65. The van der Waals surface area contributed by atoms with E-state index in [9.17, 15) is 18.0 Å². The van der Waals surface area contributed by atoms with E-state index in [4.69, 9.17) is 5.73 Å². The van der Waals surface area contributed by atoms with Crippen LogP contribution in [0, 0.1) is 13.8 Å². The molecule has 142 valence electrons. The van der Waals surface area contributed by atoms with Gasteiger partial charge in [-0.2, -0.15) is 18.3 Å². The molecule has 1 atom stereocenters. The van der Waals surface area contributed by atoms with Crippen LogP contribution in [0.2, 0.25) is 0 Å². The van der Waals surface area contributed by atoms with Crippen molar-refractivity contribution in [3.05, 3.63) is 46.8 Å². The van der Waals surface area contributed by atoms with Crippen LogP contribution in [-0.2, 0) is 17.5 Å². The van der Waals surface area contributed by atoms with Crippen LogP contribution >= 0.6 is 0 Å². The molecule has 0 radical (unpaired) electrons. The molecule has 5 nitrogen and oxygen atoms in total. The van der Waals surface area contributed by atoms with E-state index in [0.29, 0.717) is 12.1 Å². The quantitative estimate of drug-likeness (QED) is 0.822. The first-order chi connectivity index (χ1) is 12.1. The highest BCUT2D eigenvalue weighted by Crippen LogP contribution is 2.33. The molecule has 0 fully saturated rings. The van der Waals surface area contributed by atoms with E-state index in [2.05, 4.69) is 10.4 Å². The van der Waals surface area contributed by atoms with Crippen molar-refractivity contribution in [3.63, 3.8) is 0 Å². The molecule has 0 aliphatic rings. The molecule has 0 saturated carbocycles. The molecule has 8 heteroatoms. The van der Waals surface area contributed by atoms with Gasteiger partial charge >= 0.3 is 6.18 Å². The molecular weight excluding hydrogens is 345 g/mol. The van der Waals surface area contributed by atoms with Gasteiger partial charge < -0.3 is 11.1 Å². The molecule has 0 spiro atoms. The largest absolute Gasteiger partial charge is 0.416 e. The normalized spacial score (nSPS) is 12.9. The highest BCUT2D eigenvalue weighted by atomic mass is 19.4. The van der Waals surface area contributed by atoms with Gasteiger partial charge in [-0.1, -0.05) is 19.4 Å². The third-order valence-corrected chi connectivity index (χ3v) is 4.04. The van der Waals surface area contributed by atoms with Crippen LogP contribution in [0.4, 0.5) is 13.2 Å². The fraction of sp³-hybridized carbons (Fsp3) is 0.444. The Balaban J connectivity index is 2.30. The standard InChI is InChI=1S/C18H23F3N4O/c1-4-5-16(22)17(26)23-10-13-6-7-14(9-15(13)18(19,20)21)25-12(3)8-11(2)24-25/h6-9,16H,4-5,10,22H2,1-3H3,(H,23,26). The number of hydrogen-bond donors (Lipinski definition) is 2. The van der Waals surface area contributed by atoms with Crippen LogP contribution in [0.25, 0.3) is 5.69 Å². The summed E-state index contributed by atoms with van der Waals surface area (Å²) in [6, 6.07) is 5.04. The Bertz CT molecular complexity index is 783. The van der Waals surface area contributed by atoms with Gasteiger partial charge in [-0.25, -0.2) is 4.68 Å². The van der Waals surface area contributed by atoms with Crippen molar-refractivity contribution in [1.82, 2.24) is 15.1 Å². The molecule has 26 heavy (non-hydrogen) atoms. The molecule has 1 aromatic heterocycles. The van der Waals surface area contributed by atoms with Gasteiger partial charge in [0, 0.05) is 12.2 Å². The zero-order valence-corrected chi connectivity index (χ0v) is 15.0. The maximum absolute atomic E-state index is 13.5. The number of carbonyl (C=O) groups is 1. The summed E-state index contributed by atoms with van der Waals surface area (Å²) < 4.78 is 41.9. The zero-order valence-electron chi connectivity index (χ0n) is 15.0. The Morgan fingerprint density at radius 3 is 2.54 bits per heavy atom. The molecule has 1 aromatic carbocycles. The Morgan fingerprint density at radius 2 is 2.00 bits per heavy atom. The molecule has 0 aliphatic carbocycles. The first kappa shape index (κ1) is 20.0. The maximum atomic E-state index is 13.5.